The standard InChI is InChI=1S/C27H25N3O4S/c1-5-34-27(32)22-15(2)26(31)30-25(24(22)23-16(3)28-19-12-8-7-11-18(19)23)29-21(35-30)14-17-10-6-9-13-20(17)33-4/h6-14,24,28H,5H2,1-4H3/b21-14-. The maximum absolute atomic E-state index is 13.4. The number of rotatable bonds is 5. The van der Waals surface area contributed by atoms with Gasteiger partial charge in [-0.15, -0.1) is 0 Å². The van der Waals surface area contributed by atoms with E-state index in [1.54, 1.807) is 25.3 Å². The molecule has 0 aliphatic carbocycles. The van der Waals surface area contributed by atoms with E-state index in [9.17, 15) is 9.59 Å². The smallest absolute Gasteiger partial charge is 0.335 e. The lowest BCUT2D eigenvalue weighted by Crippen LogP contribution is -2.41. The van der Waals surface area contributed by atoms with Gasteiger partial charge in [0.25, 0.3) is 5.91 Å². The molecule has 1 atom stereocenters. The average Bonchev–Trinajstić information content (AvgIpc) is 3.42. The van der Waals surface area contributed by atoms with Gasteiger partial charge in [0.2, 0.25) is 0 Å². The van der Waals surface area contributed by atoms with Gasteiger partial charge < -0.3 is 14.5 Å². The Labute approximate surface area is 207 Å². The highest BCUT2D eigenvalue weighted by Crippen LogP contribution is 2.47. The number of aryl methyl sites for hydroxylation is 1. The van der Waals surface area contributed by atoms with Gasteiger partial charge in [0.15, 0.2) is 0 Å². The number of ether oxygens (including phenoxy) is 2. The van der Waals surface area contributed by atoms with Crippen molar-refractivity contribution in [1.82, 2.24) is 9.29 Å². The van der Waals surface area contributed by atoms with E-state index in [4.69, 9.17) is 14.5 Å². The molecule has 3 heterocycles. The number of fused-ring (bicyclic) bond motifs is 2. The molecule has 7 nitrogen and oxygen atoms in total. The second-order valence-corrected chi connectivity index (χ2v) is 9.25. The Kier molecular flexibility index (Phi) is 5.98. The molecule has 2 aliphatic rings. The molecule has 1 N–H and O–H groups in total. The van der Waals surface area contributed by atoms with Crippen LogP contribution in [0.15, 0.2) is 69.7 Å². The number of aromatic nitrogens is 1. The molecule has 0 saturated heterocycles. The molecule has 1 unspecified atom stereocenters. The Morgan fingerprint density at radius 2 is 1.91 bits per heavy atom. The van der Waals surface area contributed by atoms with Crippen LogP contribution in [-0.2, 0) is 14.3 Å². The van der Waals surface area contributed by atoms with E-state index in [0.717, 1.165) is 27.7 Å². The molecule has 2 aromatic carbocycles. The van der Waals surface area contributed by atoms with Gasteiger partial charge >= 0.3 is 5.97 Å². The first-order valence-electron chi connectivity index (χ1n) is 11.3. The van der Waals surface area contributed by atoms with Crippen molar-refractivity contribution in [2.75, 3.05) is 13.7 Å². The van der Waals surface area contributed by atoms with Crippen molar-refractivity contribution >= 4 is 46.6 Å². The van der Waals surface area contributed by atoms with Crippen LogP contribution in [0.25, 0.3) is 17.0 Å². The first-order valence-corrected chi connectivity index (χ1v) is 12.1. The fourth-order valence-electron chi connectivity index (χ4n) is 4.66. The Bertz CT molecular complexity index is 1450. The van der Waals surface area contributed by atoms with Crippen LogP contribution in [0.2, 0.25) is 0 Å². The minimum atomic E-state index is -0.557. The third kappa shape index (κ3) is 3.83. The van der Waals surface area contributed by atoms with Gasteiger partial charge in [-0.2, -0.15) is 0 Å². The lowest BCUT2D eigenvalue weighted by molar-refractivity contribution is -0.139. The maximum atomic E-state index is 13.4. The Morgan fingerprint density at radius 3 is 2.69 bits per heavy atom. The lowest BCUT2D eigenvalue weighted by Gasteiger charge is -2.31. The number of benzene rings is 2. The maximum Gasteiger partial charge on any atom is 0.335 e. The van der Waals surface area contributed by atoms with E-state index in [1.165, 1.54) is 11.9 Å². The topological polar surface area (TPSA) is 84.0 Å². The fourth-order valence-corrected chi connectivity index (χ4v) is 5.62. The molecule has 0 bridgehead atoms. The van der Waals surface area contributed by atoms with Gasteiger partial charge in [0, 0.05) is 39.7 Å². The predicted molar refractivity (Wildman–Crippen MR) is 138 cm³/mol. The molecular formula is C27H25N3O4S. The van der Waals surface area contributed by atoms with Crippen molar-refractivity contribution in [2.24, 2.45) is 4.99 Å². The lowest BCUT2D eigenvalue weighted by atomic mass is 9.82. The number of aromatic amines is 1. The van der Waals surface area contributed by atoms with Gasteiger partial charge in [-0.3, -0.25) is 4.79 Å². The number of hydrogen-bond acceptors (Lipinski definition) is 6. The first-order chi connectivity index (χ1) is 16.9. The number of hydrogen-bond donors (Lipinski definition) is 1. The molecular weight excluding hydrogens is 462 g/mol. The number of esters is 1. The number of nitrogens with one attached hydrogen (secondary N) is 1. The van der Waals surface area contributed by atoms with Crippen LogP contribution in [0.4, 0.5) is 0 Å². The summed E-state index contributed by atoms with van der Waals surface area (Å²) in [6.45, 7) is 5.63. The molecule has 8 heteroatoms. The highest BCUT2D eigenvalue weighted by molar-refractivity contribution is 8.02. The molecule has 5 rings (SSSR count). The molecule has 3 aromatic rings. The minimum Gasteiger partial charge on any atom is -0.496 e. The summed E-state index contributed by atoms with van der Waals surface area (Å²) < 4.78 is 12.5. The van der Waals surface area contributed by atoms with Crippen LogP contribution in [0.3, 0.4) is 0 Å². The molecule has 1 aromatic heterocycles. The van der Waals surface area contributed by atoms with Crippen molar-refractivity contribution < 1.29 is 19.1 Å². The molecule has 1 amide bonds. The van der Waals surface area contributed by atoms with E-state index >= 15 is 0 Å². The minimum absolute atomic E-state index is 0.216. The first kappa shape index (κ1) is 23.0. The highest BCUT2D eigenvalue weighted by Gasteiger charge is 2.46. The number of carbonyl (C=O) groups excluding carboxylic acids is 2. The summed E-state index contributed by atoms with van der Waals surface area (Å²) in [4.78, 5) is 34.9. The van der Waals surface area contributed by atoms with Crippen LogP contribution in [0.1, 0.15) is 36.6 Å². The van der Waals surface area contributed by atoms with Crippen molar-refractivity contribution in [1.29, 1.82) is 0 Å². The summed E-state index contributed by atoms with van der Waals surface area (Å²) in [6, 6.07) is 15.6. The van der Waals surface area contributed by atoms with Crippen molar-refractivity contribution in [3.63, 3.8) is 0 Å². The highest BCUT2D eigenvalue weighted by atomic mass is 32.2. The summed E-state index contributed by atoms with van der Waals surface area (Å²) in [7, 11) is 1.62. The van der Waals surface area contributed by atoms with Crippen molar-refractivity contribution in [3.05, 3.63) is 81.5 Å². The Balaban J connectivity index is 1.72. The number of amidine groups is 1. The molecule has 2 aliphatic heterocycles. The molecule has 0 fully saturated rings. The molecule has 0 spiro atoms. The largest absolute Gasteiger partial charge is 0.496 e. The summed E-state index contributed by atoms with van der Waals surface area (Å²) in [5, 5.41) is 1.62. The SMILES string of the molecule is CCOC(=O)C1=C(C)C(=O)N2S/C(=C\c3ccccc3OC)N=C2C1c1c(C)[nH]c2ccccc12. The van der Waals surface area contributed by atoms with Gasteiger partial charge in [0.05, 0.1) is 25.2 Å². The number of methoxy groups -OCH3 is 1. The normalized spacial score (nSPS) is 18.8. The van der Waals surface area contributed by atoms with Gasteiger partial charge in [-0.1, -0.05) is 36.4 Å². The van der Waals surface area contributed by atoms with Gasteiger partial charge in [-0.05, 0) is 44.5 Å². The van der Waals surface area contributed by atoms with Crippen LogP contribution in [0.5, 0.6) is 5.75 Å². The second kappa shape index (κ2) is 9.11. The van der Waals surface area contributed by atoms with Gasteiger partial charge in [-0.25, -0.2) is 14.1 Å². The van der Waals surface area contributed by atoms with E-state index in [-0.39, 0.29) is 12.5 Å². The van der Waals surface area contributed by atoms with Crippen LogP contribution >= 0.6 is 11.9 Å². The van der Waals surface area contributed by atoms with Crippen molar-refractivity contribution in [2.45, 2.75) is 26.7 Å². The van der Waals surface area contributed by atoms with E-state index in [1.807, 2.05) is 61.5 Å². The zero-order valence-corrected chi connectivity index (χ0v) is 20.7. The molecule has 0 radical (unpaired) electrons. The second-order valence-electron chi connectivity index (χ2n) is 8.29. The van der Waals surface area contributed by atoms with E-state index in [2.05, 4.69) is 4.98 Å². The third-order valence-electron chi connectivity index (χ3n) is 6.22. The Morgan fingerprint density at radius 1 is 1.17 bits per heavy atom. The Hall–Kier alpha value is -3.78. The number of aliphatic imine (C=N–C) groups is 1. The van der Waals surface area contributed by atoms with E-state index < -0.39 is 11.9 Å². The van der Waals surface area contributed by atoms with E-state index in [0.29, 0.717) is 27.8 Å². The zero-order chi connectivity index (χ0) is 24.7. The summed E-state index contributed by atoms with van der Waals surface area (Å²) in [6.07, 6.45) is 1.89. The average molecular weight is 488 g/mol. The van der Waals surface area contributed by atoms with Crippen LogP contribution < -0.4 is 4.74 Å². The number of H-pyrrole nitrogens is 1. The molecule has 35 heavy (non-hydrogen) atoms. The number of para-hydroxylation sites is 2. The number of amides is 1. The quantitative estimate of drug-likeness (QED) is 0.387. The predicted octanol–water partition coefficient (Wildman–Crippen LogP) is 5.35. The van der Waals surface area contributed by atoms with Gasteiger partial charge in [0.1, 0.15) is 16.6 Å². The zero-order valence-electron chi connectivity index (χ0n) is 19.9. The molecule has 178 valence electrons. The monoisotopic (exact) mass is 487 g/mol. The van der Waals surface area contributed by atoms with Crippen molar-refractivity contribution in [3.8, 4) is 5.75 Å². The third-order valence-corrected chi connectivity index (χ3v) is 7.15. The number of nitrogens with zero attached hydrogens (tertiary/aromatic N) is 2. The van der Waals surface area contributed by atoms with Crippen LogP contribution in [0, 0.1) is 6.92 Å². The fraction of sp³-hybridized carbons (Fsp3) is 0.222. The number of carbonyl (C=O) groups is 2. The van der Waals surface area contributed by atoms with Crippen LogP contribution in [-0.4, -0.2) is 40.7 Å². The summed E-state index contributed by atoms with van der Waals surface area (Å²) in [5.41, 5.74) is 4.33. The summed E-state index contributed by atoms with van der Waals surface area (Å²) in [5.74, 6) is -0.110. The molecule has 0 saturated carbocycles. The summed E-state index contributed by atoms with van der Waals surface area (Å²) >= 11 is 1.25.